The minimum Gasteiger partial charge on any atom is -0.392 e. The van der Waals surface area contributed by atoms with E-state index in [1.807, 2.05) is 10.6 Å². The van der Waals surface area contributed by atoms with Gasteiger partial charge in [0.1, 0.15) is 0 Å². The molecule has 2 unspecified atom stereocenters. The fourth-order valence-electron chi connectivity index (χ4n) is 3.18. The van der Waals surface area contributed by atoms with Crippen molar-refractivity contribution in [1.82, 2.24) is 9.88 Å². The number of piperidine rings is 1. The molecule has 94 valence electrons. The molecule has 0 radical (unpaired) electrons. The van der Waals surface area contributed by atoms with Gasteiger partial charge in [0.05, 0.1) is 12.2 Å². The number of nitrogens with zero attached hydrogens (tertiary/aromatic N) is 1. The molecule has 4 nitrogen and oxygen atoms in total. The van der Waals surface area contributed by atoms with Crippen LogP contribution >= 0.6 is 0 Å². The van der Waals surface area contributed by atoms with Gasteiger partial charge in [-0.25, -0.2) is 0 Å². The third-order valence-electron chi connectivity index (χ3n) is 4.03. The molecular formula is C14H16N2O2. The highest BCUT2D eigenvalue weighted by atomic mass is 16.3. The molecule has 4 heteroatoms. The molecule has 2 N–H and O–H groups in total. The summed E-state index contributed by atoms with van der Waals surface area (Å²) in [5.74, 6) is 3.30. The Morgan fingerprint density at radius 1 is 1.56 bits per heavy atom. The summed E-state index contributed by atoms with van der Waals surface area (Å²) in [6.07, 6.45) is 6.51. The number of aliphatic hydroxyl groups is 1. The normalized spacial score (nSPS) is 25.3. The van der Waals surface area contributed by atoms with Crippen LogP contribution in [-0.2, 0) is 13.2 Å². The van der Waals surface area contributed by atoms with Crippen molar-refractivity contribution in [3.63, 3.8) is 0 Å². The Hall–Kier alpha value is -1.57. The van der Waals surface area contributed by atoms with Gasteiger partial charge in [0, 0.05) is 30.3 Å². The number of hydrogen-bond donors (Lipinski definition) is 2. The molecule has 0 amide bonds. The van der Waals surface area contributed by atoms with Crippen LogP contribution < -0.4 is 10.9 Å². The molecule has 3 heterocycles. The molecule has 2 aliphatic rings. The first-order valence-corrected chi connectivity index (χ1v) is 6.29. The molecule has 1 aromatic heterocycles. The molecule has 0 aliphatic carbocycles. The van der Waals surface area contributed by atoms with Gasteiger partial charge in [0.2, 0.25) is 0 Å². The summed E-state index contributed by atoms with van der Waals surface area (Å²) >= 11 is 0. The zero-order valence-electron chi connectivity index (χ0n) is 10.1. The van der Waals surface area contributed by atoms with Crippen molar-refractivity contribution in [2.45, 2.75) is 25.5 Å². The second-order valence-electron chi connectivity index (χ2n) is 5.14. The SMILES string of the molecule is C#Cc1c(CO)cc2n(c1=O)CC1CNCC2C1. The van der Waals surface area contributed by atoms with E-state index in [2.05, 4.69) is 11.2 Å². The zero-order chi connectivity index (χ0) is 12.7. The first-order valence-electron chi connectivity index (χ1n) is 6.29. The maximum absolute atomic E-state index is 12.3. The monoisotopic (exact) mass is 244 g/mol. The highest BCUT2D eigenvalue weighted by Gasteiger charge is 2.31. The van der Waals surface area contributed by atoms with E-state index < -0.39 is 0 Å². The Labute approximate surface area is 106 Å². The standard InChI is InChI=1S/C14H16N2O2/c1-2-12-11(8-17)4-13-10-3-9(5-15-6-10)7-16(13)14(12)18/h1,4,9-10,15,17H,3,5-8H2. The van der Waals surface area contributed by atoms with Crippen LogP contribution in [0.2, 0.25) is 0 Å². The summed E-state index contributed by atoms with van der Waals surface area (Å²) in [5.41, 5.74) is 1.80. The van der Waals surface area contributed by atoms with E-state index in [1.54, 1.807) is 0 Å². The number of rotatable bonds is 1. The molecule has 0 saturated carbocycles. The summed E-state index contributed by atoms with van der Waals surface area (Å²) in [7, 11) is 0. The Kier molecular flexibility index (Phi) is 2.73. The number of pyridine rings is 1. The molecule has 1 aromatic rings. The summed E-state index contributed by atoms with van der Waals surface area (Å²) in [5, 5.41) is 12.7. The average Bonchev–Trinajstić information content (AvgIpc) is 2.40. The van der Waals surface area contributed by atoms with Crippen molar-refractivity contribution in [3.8, 4) is 12.3 Å². The zero-order valence-corrected chi connectivity index (χ0v) is 10.1. The van der Waals surface area contributed by atoms with Crippen LogP contribution in [0.25, 0.3) is 0 Å². The minimum absolute atomic E-state index is 0.115. The van der Waals surface area contributed by atoms with Gasteiger partial charge in [-0.1, -0.05) is 5.92 Å². The molecular weight excluding hydrogens is 228 g/mol. The summed E-state index contributed by atoms with van der Waals surface area (Å²) < 4.78 is 1.81. The predicted molar refractivity (Wildman–Crippen MR) is 68.3 cm³/mol. The van der Waals surface area contributed by atoms with Crippen LogP contribution in [0.15, 0.2) is 10.9 Å². The summed E-state index contributed by atoms with van der Waals surface area (Å²) in [4.78, 5) is 12.3. The Bertz CT molecular complexity index is 583. The van der Waals surface area contributed by atoms with E-state index in [0.717, 1.165) is 31.7 Å². The molecule has 2 aliphatic heterocycles. The second-order valence-corrected chi connectivity index (χ2v) is 5.14. The molecule has 0 spiro atoms. The van der Waals surface area contributed by atoms with Crippen LogP contribution in [-0.4, -0.2) is 22.8 Å². The number of hydrogen-bond acceptors (Lipinski definition) is 3. The highest BCUT2D eigenvalue weighted by Crippen LogP contribution is 2.32. The number of aromatic nitrogens is 1. The maximum atomic E-state index is 12.3. The molecule has 1 saturated heterocycles. The number of fused-ring (bicyclic) bond motifs is 4. The lowest BCUT2D eigenvalue weighted by Crippen LogP contribution is -2.45. The fourth-order valence-corrected chi connectivity index (χ4v) is 3.18. The Balaban J connectivity index is 2.22. The van der Waals surface area contributed by atoms with E-state index in [4.69, 9.17) is 6.42 Å². The molecule has 2 bridgehead atoms. The maximum Gasteiger partial charge on any atom is 0.266 e. The van der Waals surface area contributed by atoms with Crippen LogP contribution in [0.4, 0.5) is 0 Å². The Morgan fingerprint density at radius 3 is 3.11 bits per heavy atom. The van der Waals surface area contributed by atoms with Gasteiger partial charge in [0.25, 0.3) is 5.56 Å². The molecule has 1 fully saturated rings. The first-order chi connectivity index (χ1) is 8.74. The van der Waals surface area contributed by atoms with E-state index in [9.17, 15) is 9.90 Å². The van der Waals surface area contributed by atoms with Gasteiger partial charge >= 0.3 is 0 Å². The van der Waals surface area contributed by atoms with Crippen molar-refractivity contribution in [2.75, 3.05) is 13.1 Å². The van der Waals surface area contributed by atoms with Crippen molar-refractivity contribution in [3.05, 3.63) is 33.2 Å². The molecule has 18 heavy (non-hydrogen) atoms. The van der Waals surface area contributed by atoms with Crippen molar-refractivity contribution < 1.29 is 5.11 Å². The number of nitrogens with one attached hydrogen (secondary N) is 1. The second kappa shape index (κ2) is 4.27. The topological polar surface area (TPSA) is 54.3 Å². The van der Waals surface area contributed by atoms with Gasteiger partial charge in [0.15, 0.2) is 0 Å². The number of terminal acetylenes is 1. The van der Waals surface area contributed by atoms with Crippen LogP contribution in [0.1, 0.15) is 29.2 Å². The predicted octanol–water partition coefficient (Wildman–Crippen LogP) is 0.0286. The third-order valence-corrected chi connectivity index (χ3v) is 4.03. The van der Waals surface area contributed by atoms with E-state index in [0.29, 0.717) is 23.0 Å². The van der Waals surface area contributed by atoms with Gasteiger partial charge in [-0.15, -0.1) is 6.42 Å². The number of aliphatic hydroxyl groups excluding tert-OH is 1. The molecule has 3 rings (SSSR count). The van der Waals surface area contributed by atoms with Gasteiger partial charge < -0.3 is 15.0 Å². The molecule has 2 atom stereocenters. The molecule has 0 aromatic carbocycles. The van der Waals surface area contributed by atoms with Crippen LogP contribution in [0, 0.1) is 18.3 Å². The van der Waals surface area contributed by atoms with Crippen LogP contribution in [0.3, 0.4) is 0 Å². The first kappa shape index (κ1) is 11.5. The lowest BCUT2D eigenvalue weighted by Gasteiger charge is -2.37. The van der Waals surface area contributed by atoms with Crippen molar-refractivity contribution >= 4 is 0 Å². The largest absolute Gasteiger partial charge is 0.392 e. The van der Waals surface area contributed by atoms with Crippen molar-refractivity contribution in [2.24, 2.45) is 5.92 Å². The van der Waals surface area contributed by atoms with E-state index in [1.165, 1.54) is 0 Å². The Morgan fingerprint density at radius 2 is 2.39 bits per heavy atom. The smallest absolute Gasteiger partial charge is 0.266 e. The summed E-state index contributed by atoms with van der Waals surface area (Å²) in [6.45, 7) is 2.43. The lowest BCUT2D eigenvalue weighted by atomic mass is 9.83. The van der Waals surface area contributed by atoms with Gasteiger partial charge in [-0.2, -0.15) is 0 Å². The van der Waals surface area contributed by atoms with Gasteiger partial charge in [-0.05, 0) is 24.9 Å². The fraction of sp³-hybridized carbons (Fsp3) is 0.500. The average molecular weight is 244 g/mol. The van der Waals surface area contributed by atoms with Crippen molar-refractivity contribution in [1.29, 1.82) is 0 Å². The van der Waals surface area contributed by atoms with Gasteiger partial charge in [-0.3, -0.25) is 4.79 Å². The van der Waals surface area contributed by atoms with E-state index >= 15 is 0 Å². The van der Waals surface area contributed by atoms with Crippen LogP contribution in [0.5, 0.6) is 0 Å². The third kappa shape index (κ3) is 1.59. The lowest BCUT2D eigenvalue weighted by molar-refractivity contribution is 0.253. The van der Waals surface area contributed by atoms with E-state index in [-0.39, 0.29) is 12.2 Å². The highest BCUT2D eigenvalue weighted by molar-refractivity contribution is 5.40. The minimum atomic E-state index is -0.174. The summed E-state index contributed by atoms with van der Waals surface area (Å²) in [6, 6.07) is 1.91. The quantitative estimate of drug-likeness (QED) is 0.685.